The first-order chi connectivity index (χ1) is 16.2. The van der Waals surface area contributed by atoms with E-state index in [0.29, 0.717) is 6.07 Å². The summed E-state index contributed by atoms with van der Waals surface area (Å²) in [4.78, 5) is 10.0. The largest absolute Gasteiger partial charge is 0.449 e. The number of alkyl carbamates (subject to hydrolysis) is 1. The molecule has 5 nitrogen and oxygen atoms in total. The highest BCUT2D eigenvalue weighted by molar-refractivity contribution is 8.45. The van der Waals surface area contributed by atoms with Crippen LogP contribution in [-0.4, -0.2) is 35.6 Å². The van der Waals surface area contributed by atoms with Gasteiger partial charge in [-0.15, -0.1) is 0 Å². The standard InChI is InChI=1S/C24H22F5NO4S/c25-35(26,27,28,29)16-7-5-6-15(12-16)23(32)22(31)13-30-24(33)34-14-21-19-10-3-1-8-17(19)18-9-2-4-11-20(18)21/h1-12,21-23,31-32H,13-14H2,(H,30,33). The Morgan fingerprint density at radius 1 is 0.886 bits per heavy atom. The Balaban J connectivity index is 1.36. The van der Waals surface area contributed by atoms with Crippen LogP contribution in [0.25, 0.3) is 11.1 Å². The van der Waals surface area contributed by atoms with Crippen LogP contribution in [-0.2, 0) is 4.74 Å². The summed E-state index contributed by atoms with van der Waals surface area (Å²) in [6.45, 7) is -0.594. The van der Waals surface area contributed by atoms with Crippen LogP contribution in [0.3, 0.4) is 0 Å². The molecule has 3 aromatic carbocycles. The molecule has 0 heterocycles. The number of hydrogen-bond acceptors (Lipinski definition) is 4. The molecule has 35 heavy (non-hydrogen) atoms. The van der Waals surface area contributed by atoms with Gasteiger partial charge in [-0.25, -0.2) is 4.79 Å². The summed E-state index contributed by atoms with van der Waals surface area (Å²) in [7, 11) is -9.95. The van der Waals surface area contributed by atoms with Crippen LogP contribution in [0.15, 0.2) is 77.7 Å². The summed E-state index contributed by atoms with van der Waals surface area (Å²) < 4.78 is 70.4. The van der Waals surface area contributed by atoms with Crippen LogP contribution >= 0.6 is 10.2 Å². The van der Waals surface area contributed by atoms with Crippen LogP contribution in [0.4, 0.5) is 24.2 Å². The van der Waals surface area contributed by atoms with Gasteiger partial charge in [-0.2, -0.15) is 0 Å². The molecule has 2 unspecified atom stereocenters. The van der Waals surface area contributed by atoms with E-state index in [0.717, 1.165) is 28.3 Å². The van der Waals surface area contributed by atoms with E-state index in [2.05, 4.69) is 5.32 Å². The molecule has 3 aromatic rings. The molecule has 0 saturated heterocycles. The van der Waals surface area contributed by atoms with E-state index in [1.807, 2.05) is 48.5 Å². The maximum absolute atomic E-state index is 13.0. The lowest BCUT2D eigenvalue weighted by atomic mass is 9.98. The highest BCUT2D eigenvalue weighted by Gasteiger charge is 2.65. The molecule has 0 radical (unpaired) electrons. The van der Waals surface area contributed by atoms with Gasteiger partial charge in [-0.1, -0.05) is 80.1 Å². The molecule has 0 aromatic heterocycles. The minimum absolute atomic E-state index is 0.00947. The van der Waals surface area contributed by atoms with Crippen molar-refractivity contribution in [1.29, 1.82) is 0 Å². The van der Waals surface area contributed by atoms with E-state index >= 15 is 0 Å². The molecular formula is C24H22F5NO4S. The fourth-order valence-corrected chi connectivity index (χ4v) is 4.80. The van der Waals surface area contributed by atoms with Gasteiger partial charge in [0.25, 0.3) is 0 Å². The fraction of sp³-hybridized carbons (Fsp3) is 0.208. The van der Waals surface area contributed by atoms with Crippen molar-refractivity contribution in [3.63, 3.8) is 0 Å². The van der Waals surface area contributed by atoms with Gasteiger partial charge < -0.3 is 20.3 Å². The molecule has 11 heteroatoms. The molecule has 2 atom stereocenters. The third kappa shape index (κ3) is 5.42. The zero-order chi connectivity index (χ0) is 25.5. The normalized spacial score (nSPS) is 16.9. The second kappa shape index (κ2) is 8.21. The van der Waals surface area contributed by atoms with Crippen LogP contribution in [0.5, 0.6) is 0 Å². The minimum atomic E-state index is -9.95. The highest BCUT2D eigenvalue weighted by atomic mass is 32.5. The molecule has 1 amide bonds. The lowest BCUT2D eigenvalue weighted by Crippen LogP contribution is -2.36. The number of amides is 1. The third-order valence-electron chi connectivity index (χ3n) is 5.81. The lowest BCUT2D eigenvalue weighted by Gasteiger charge is -2.40. The van der Waals surface area contributed by atoms with E-state index in [1.165, 1.54) is 0 Å². The van der Waals surface area contributed by atoms with Crippen LogP contribution in [0.2, 0.25) is 0 Å². The Morgan fingerprint density at radius 3 is 2.03 bits per heavy atom. The number of aliphatic hydroxyl groups is 2. The number of rotatable bonds is 7. The summed E-state index contributed by atoms with van der Waals surface area (Å²) >= 11 is 0. The molecule has 0 fully saturated rings. The monoisotopic (exact) mass is 515 g/mol. The van der Waals surface area contributed by atoms with Crippen molar-refractivity contribution in [2.75, 3.05) is 13.2 Å². The van der Waals surface area contributed by atoms with Crippen LogP contribution in [0, 0.1) is 0 Å². The molecule has 0 bridgehead atoms. The Morgan fingerprint density at radius 2 is 1.46 bits per heavy atom. The summed E-state index contributed by atoms with van der Waals surface area (Å²) in [6.07, 6.45) is -4.65. The molecule has 4 rings (SSSR count). The molecule has 0 saturated carbocycles. The Kier molecular flexibility index (Phi) is 5.86. The number of fused-ring (bicyclic) bond motifs is 3. The molecule has 0 spiro atoms. The number of aliphatic hydroxyl groups excluding tert-OH is 2. The van der Waals surface area contributed by atoms with Gasteiger partial charge in [0, 0.05) is 12.5 Å². The number of carbonyl (C=O) groups is 1. The van der Waals surface area contributed by atoms with E-state index in [-0.39, 0.29) is 24.7 Å². The zero-order valence-electron chi connectivity index (χ0n) is 18.1. The number of hydrogen-bond donors (Lipinski definition) is 3. The first-order valence-corrected chi connectivity index (χ1v) is 12.5. The predicted molar refractivity (Wildman–Crippen MR) is 122 cm³/mol. The van der Waals surface area contributed by atoms with Crippen LogP contribution in [0.1, 0.15) is 28.7 Å². The van der Waals surface area contributed by atoms with Gasteiger partial charge in [0.2, 0.25) is 0 Å². The van der Waals surface area contributed by atoms with Crippen molar-refractivity contribution in [2.45, 2.75) is 23.0 Å². The fourth-order valence-electron chi connectivity index (χ4n) is 4.11. The highest BCUT2D eigenvalue weighted by Crippen LogP contribution is 3.02. The summed E-state index contributed by atoms with van der Waals surface area (Å²) in [5, 5.41) is 22.5. The Bertz CT molecular complexity index is 1220. The summed E-state index contributed by atoms with van der Waals surface area (Å²) in [6, 6.07) is 17.3. The van der Waals surface area contributed by atoms with Crippen molar-refractivity contribution in [3.05, 3.63) is 89.5 Å². The second-order valence-corrected chi connectivity index (χ2v) is 10.7. The van der Waals surface area contributed by atoms with Gasteiger partial charge in [-0.3, -0.25) is 0 Å². The Labute approximate surface area is 197 Å². The van der Waals surface area contributed by atoms with E-state index in [9.17, 15) is 34.4 Å². The van der Waals surface area contributed by atoms with E-state index in [1.54, 1.807) is 0 Å². The number of ether oxygens (including phenoxy) is 1. The molecule has 1 aliphatic rings. The number of benzene rings is 3. The first kappa shape index (κ1) is 25.0. The molecule has 3 N–H and O–H groups in total. The number of nitrogens with one attached hydrogen (secondary N) is 1. The van der Waals surface area contributed by atoms with Crippen molar-refractivity contribution in [2.24, 2.45) is 0 Å². The zero-order valence-corrected chi connectivity index (χ0v) is 18.9. The van der Waals surface area contributed by atoms with Crippen molar-refractivity contribution >= 4 is 16.3 Å². The molecule has 1 aliphatic carbocycles. The molecular weight excluding hydrogens is 493 g/mol. The average Bonchev–Trinajstić information content (AvgIpc) is 3.13. The quantitative estimate of drug-likeness (QED) is 0.324. The van der Waals surface area contributed by atoms with Crippen molar-refractivity contribution < 1.29 is 39.2 Å². The average molecular weight is 516 g/mol. The Hall–Kier alpha value is -3.15. The van der Waals surface area contributed by atoms with Gasteiger partial charge in [0.05, 0.1) is 0 Å². The maximum atomic E-state index is 13.0. The maximum Gasteiger partial charge on any atom is 0.407 e. The van der Waals surface area contributed by atoms with Gasteiger partial charge in [-0.05, 0) is 39.9 Å². The SMILES string of the molecule is O=C(NCC(O)C(O)c1cccc(S(F)(F)(F)(F)F)c1)OCC1c2ccccc2-c2ccccc21. The first-order valence-electron chi connectivity index (χ1n) is 10.5. The van der Waals surface area contributed by atoms with Gasteiger partial charge >= 0.3 is 16.3 Å². The second-order valence-electron chi connectivity index (χ2n) is 8.26. The summed E-state index contributed by atoms with van der Waals surface area (Å²) in [5.41, 5.74) is 3.47. The third-order valence-corrected chi connectivity index (χ3v) is 6.95. The van der Waals surface area contributed by atoms with E-state index < -0.39 is 45.5 Å². The minimum Gasteiger partial charge on any atom is -0.449 e. The number of halogens is 5. The number of carbonyl (C=O) groups excluding carboxylic acids is 1. The van der Waals surface area contributed by atoms with Crippen molar-refractivity contribution in [1.82, 2.24) is 5.32 Å². The molecule has 188 valence electrons. The lowest BCUT2D eigenvalue weighted by molar-refractivity contribution is 0.0184. The van der Waals surface area contributed by atoms with E-state index in [4.69, 9.17) is 4.74 Å². The summed E-state index contributed by atoms with van der Waals surface area (Å²) in [5.74, 6) is -0.210. The predicted octanol–water partition coefficient (Wildman–Crippen LogP) is 6.28. The van der Waals surface area contributed by atoms with Gasteiger partial charge in [0.15, 0.2) is 0 Å². The topological polar surface area (TPSA) is 78.8 Å². The smallest absolute Gasteiger partial charge is 0.407 e. The van der Waals surface area contributed by atoms with Crippen LogP contribution < -0.4 is 5.32 Å². The van der Waals surface area contributed by atoms with Crippen molar-refractivity contribution in [3.8, 4) is 11.1 Å². The molecule has 0 aliphatic heterocycles. The van der Waals surface area contributed by atoms with Gasteiger partial charge in [0.1, 0.15) is 23.7 Å².